The fourth-order valence-electron chi connectivity index (χ4n) is 5.66. The van der Waals surface area contributed by atoms with Gasteiger partial charge >= 0.3 is 5.97 Å². The van der Waals surface area contributed by atoms with Crippen LogP contribution in [0.5, 0.6) is 0 Å². The summed E-state index contributed by atoms with van der Waals surface area (Å²) < 4.78 is 12.3. The normalized spacial score (nSPS) is 21.7. The van der Waals surface area contributed by atoms with Crippen LogP contribution < -0.4 is 11.2 Å². The molecule has 1 saturated heterocycles. The van der Waals surface area contributed by atoms with Gasteiger partial charge in [0.25, 0.3) is 5.91 Å². The number of hydrogen-bond acceptors (Lipinski definition) is 26. The lowest BCUT2D eigenvalue weighted by Gasteiger charge is -2.24. The summed E-state index contributed by atoms with van der Waals surface area (Å²) in [5.74, 6) is -1.32. The van der Waals surface area contributed by atoms with E-state index in [4.69, 9.17) is 26.8 Å². The third kappa shape index (κ3) is 22.4. The predicted molar refractivity (Wildman–Crippen MR) is 332 cm³/mol. The lowest BCUT2D eigenvalue weighted by atomic mass is 10.2. The molecule has 6 unspecified atom stereocenters. The van der Waals surface area contributed by atoms with E-state index >= 15 is 0 Å². The Hall–Kier alpha value is -1.76. The van der Waals surface area contributed by atoms with Crippen molar-refractivity contribution < 1.29 is 30.1 Å². The minimum atomic E-state index is -0.627. The molecule has 0 saturated carbocycles. The van der Waals surface area contributed by atoms with Crippen molar-refractivity contribution in [3.8, 4) is 6.07 Å². The highest BCUT2D eigenvalue weighted by molar-refractivity contribution is 9.22. The fraction of sp³-hybridized carbons (Fsp3) is 0.462. The molecule has 6 atom stereocenters. The van der Waals surface area contributed by atoms with Gasteiger partial charge in [0, 0.05) is 25.9 Å². The number of hydrogen-bond donors (Lipinski definition) is 4. The molecule has 10 rings (SSSR count). The average Bonchev–Trinajstić information content (AvgIpc) is 4.22. The monoisotopic (exact) mass is 1660 g/mol. The first-order chi connectivity index (χ1) is 35.5. The number of rotatable bonds is 6. The molecule has 7 aliphatic heterocycles. The predicted octanol–water partition coefficient (Wildman–Crippen LogP) is 11.3. The molecule has 0 bridgehead atoms. The Morgan fingerprint density at radius 3 is 1.99 bits per heavy atom. The van der Waals surface area contributed by atoms with E-state index in [-0.39, 0.29) is 42.3 Å². The number of imide groups is 1. The number of nitrogens with one attached hydrogen (secondary N) is 3. The van der Waals surface area contributed by atoms with E-state index in [1.165, 1.54) is 33.8 Å². The van der Waals surface area contributed by atoms with Gasteiger partial charge in [-0.3, -0.25) is 54.4 Å². The van der Waals surface area contributed by atoms with Crippen molar-refractivity contribution >= 4 is 256 Å². The lowest BCUT2D eigenvalue weighted by molar-refractivity contribution is -0.156. The summed E-state index contributed by atoms with van der Waals surface area (Å²) in [5, 5.41) is 20.6. The number of thiazole rings is 3. The Bertz CT molecular complexity index is 2710. The maximum atomic E-state index is 11.9. The van der Waals surface area contributed by atoms with Gasteiger partial charge in [0.1, 0.15) is 68.4 Å². The summed E-state index contributed by atoms with van der Waals surface area (Å²) in [5.41, 5.74) is 22.8. The number of amides is 3. The van der Waals surface area contributed by atoms with Gasteiger partial charge in [-0.1, -0.05) is 71.8 Å². The Labute approximate surface area is 524 Å². The second kappa shape index (κ2) is 33.7. The largest absolute Gasteiger partial charge is 0.459 e. The number of fused-ring (bicyclic) bond motifs is 3. The maximum absolute atomic E-state index is 11.9. The van der Waals surface area contributed by atoms with Crippen molar-refractivity contribution in [2.75, 3.05) is 13.1 Å². The molecule has 75 heavy (non-hydrogen) atoms. The van der Waals surface area contributed by atoms with Gasteiger partial charge in [0.15, 0.2) is 25.5 Å². The van der Waals surface area contributed by atoms with Gasteiger partial charge in [-0.05, 0) is 145 Å². The molecule has 10 heterocycles. The molecule has 3 aromatic rings. The lowest BCUT2D eigenvalue weighted by Crippen LogP contribution is -2.38. The summed E-state index contributed by atoms with van der Waals surface area (Å²) in [6, 6.07) is 1.85. The van der Waals surface area contributed by atoms with Crippen molar-refractivity contribution in [1.82, 2.24) is 29.3 Å². The zero-order chi connectivity index (χ0) is 56.2. The maximum Gasteiger partial charge on any atom is 0.327 e. The van der Waals surface area contributed by atoms with Crippen LogP contribution in [0.4, 0.5) is 0 Å². The Morgan fingerprint density at radius 2 is 1.55 bits per heavy atom. The first kappa shape index (κ1) is 67.5. The molecule has 0 aliphatic carbocycles. The number of carbonyl (C=O) groups excluding carboxylic acids is 5. The molecule has 3 amide bonds. The van der Waals surface area contributed by atoms with Crippen LogP contribution in [0.25, 0.3) is 0 Å². The molecule has 0 spiro atoms. The second-order valence-corrected chi connectivity index (χ2v) is 31.1. The van der Waals surface area contributed by atoms with Crippen molar-refractivity contribution in [3.63, 3.8) is 0 Å². The number of ether oxygens (including phenoxy) is 1. The van der Waals surface area contributed by atoms with Gasteiger partial charge in [0.2, 0.25) is 11.8 Å². The highest BCUT2D eigenvalue weighted by Crippen LogP contribution is 2.37. The molecule has 3 aromatic heterocycles. The van der Waals surface area contributed by atoms with Crippen LogP contribution in [0.3, 0.4) is 0 Å². The quantitative estimate of drug-likeness (QED) is 0.0586. The first-order valence-corrected chi connectivity index (χ1v) is 32.5. The fourth-order valence-corrected chi connectivity index (χ4v) is 17.1. The third-order valence-electron chi connectivity index (χ3n) is 8.87. The van der Waals surface area contributed by atoms with Crippen molar-refractivity contribution in [2.24, 2.45) is 35.9 Å². The Kier molecular flexibility index (Phi) is 30.4. The summed E-state index contributed by atoms with van der Waals surface area (Å²) in [6.07, 6.45) is 5.40. The molecule has 7 aliphatic rings. The van der Waals surface area contributed by atoms with Gasteiger partial charge in [-0.2, -0.15) is 15.5 Å². The van der Waals surface area contributed by atoms with E-state index in [2.05, 4.69) is 197 Å². The summed E-state index contributed by atoms with van der Waals surface area (Å²) in [7, 11) is 0. The van der Waals surface area contributed by atoms with E-state index in [0.717, 1.165) is 52.3 Å². The van der Waals surface area contributed by atoms with Crippen LogP contribution in [-0.4, -0.2) is 136 Å². The van der Waals surface area contributed by atoms with Crippen LogP contribution in [0.1, 0.15) is 70.8 Å². The van der Waals surface area contributed by atoms with Crippen LogP contribution in [0.2, 0.25) is 0 Å². The second-order valence-electron chi connectivity index (χ2n) is 15.2. The van der Waals surface area contributed by atoms with Crippen molar-refractivity contribution in [2.45, 2.75) is 100 Å². The molecule has 36 heteroatoms. The van der Waals surface area contributed by atoms with E-state index in [0.29, 0.717) is 45.8 Å². The van der Waals surface area contributed by atoms with Crippen LogP contribution in [-0.2, 0) is 36.8 Å². The van der Waals surface area contributed by atoms with Crippen molar-refractivity contribution in [1.29, 1.82) is 16.3 Å². The zero-order valence-corrected chi connectivity index (χ0v) is 57.0. The van der Waals surface area contributed by atoms with Crippen molar-refractivity contribution in [3.05, 3.63) is 43.4 Å². The minimum Gasteiger partial charge on any atom is -0.459 e. The van der Waals surface area contributed by atoms with E-state index < -0.39 is 23.5 Å². The number of aliphatic imine (C=N–C) groups is 4. The Morgan fingerprint density at radius 1 is 0.933 bits per heavy atom. The summed E-state index contributed by atoms with van der Waals surface area (Å²) in [6.45, 7) is 10.5. The van der Waals surface area contributed by atoms with Crippen LogP contribution in [0, 0.1) is 22.4 Å². The highest BCUT2D eigenvalue weighted by atomic mass is 79.9. The van der Waals surface area contributed by atoms with Gasteiger partial charge in [0.05, 0.1) is 48.6 Å². The number of esters is 1. The number of hydrazone groups is 2. The molecule has 0 radical (unpaired) electrons. The van der Waals surface area contributed by atoms with Gasteiger partial charge in [-0.15, -0.1) is 11.3 Å². The molecular weight excluding hydrogens is 1620 g/mol. The topological polar surface area (TPSA) is 323 Å². The zero-order valence-electron chi connectivity index (χ0n) is 39.4. The number of nitrogens with two attached hydrogens (primary N) is 1. The van der Waals surface area contributed by atoms with Gasteiger partial charge in [-0.25, -0.2) is 29.9 Å². The van der Waals surface area contributed by atoms with E-state index in [9.17, 15) is 24.0 Å². The number of thioether (sulfide) groups is 3. The minimum absolute atomic E-state index is 0. The SMILES string of the molecule is BrC1=NC2C=NCC2S1.CC(C)(C)OC(=O)CN1N=C(C(N)=O)C2N=C(Br)SC21.CCc1cscn1.CCc1nc(Br)sc1Br.N#CC1=NNC2SC(Br)=NC12.N=N.O=C1CCC(=O)N1Br.O=Cc1nc(Br)sc1Br.[HH]. The number of nitriles is 1. The summed E-state index contributed by atoms with van der Waals surface area (Å²) >= 11 is 35.1. The number of carbonyl (C=O) groups is 5. The first-order valence-electron chi connectivity index (χ1n) is 21.0. The smallest absolute Gasteiger partial charge is 0.327 e. The highest BCUT2D eigenvalue weighted by Gasteiger charge is 2.45. The van der Waals surface area contributed by atoms with E-state index in [1.807, 2.05) is 17.8 Å². The van der Waals surface area contributed by atoms with E-state index in [1.54, 1.807) is 67.0 Å². The van der Waals surface area contributed by atoms with Crippen LogP contribution in [0.15, 0.2) is 56.5 Å². The molecular formula is C39H44Br8N16O6S6. The molecule has 0 aromatic carbocycles. The molecule has 5 N–H and O–H groups in total. The number of aromatic nitrogens is 3. The molecule has 1 fully saturated rings. The average molecular weight is 1660 g/mol. The molecule has 22 nitrogen and oxygen atoms in total. The number of aldehydes is 1. The summed E-state index contributed by atoms with van der Waals surface area (Å²) in [4.78, 5) is 83.2. The van der Waals surface area contributed by atoms with Gasteiger partial charge < -0.3 is 10.5 Å². The molecule has 408 valence electrons. The number of halogens is 8. The standard InChI is InChI=1S/C11H15BrN4O3S.C5H5Br2NS.C5H3BrN4S.C5H5BrN2S.C5H7NS.C4HBr2NOS.C4H4BrNO2.H2N2.H2/c1-11(2,3)19-5(17)4-16-9-7(14-10(12)20-9)6(15-16)8(13)18;1-2-3-4(6)9-5(7)8-3;6-5-8-3-2(1-7)9-10-4(3)11-5;6-5-8-3-1-7-2-4(3)9-5;1-2-5-3-7-4-6-5;5-3-2(1-8)7-4(6)9-3;5-6-3(7)1-2-4(6)8;1-2;/h7,9H,4H2,1-3H3,(H2,13,18);2H2,1H3;3-4,10H;1,3-4H,2H2;3-4H,2H2,1H3;1H;1-2H2;1-2H;1H. The number of nitrogens with zero attached hydrogens (tertiary/aromatic N) is 12. The van der Waals surface area contributed by atoms with Crippen LogP contribution >= 0.6 is 197 Å². The number of primary amides is 1. The third-order valence-corrected chi connectivity index (χ3v) is 20.1. The number of aryl methyl sites for hydroxylation is 2. The Balaban J connectivity index is 0.000000311.